The first-order valence-corrected chi connectivity index (χ1v) is 7.82. The maximum atomic E-state index is 12.3. The number of hydrogen-bond acceptors (Lipinski definition) is 5. The molecule has 0 bridgehead atoms. The Labute approximate surface area is 151 Å². The van der Waals surface area contributed by atoms with Crippen molar-refractivity contribution in [2.75, 3.05) is 21.3 Å². The summed E-state index contributed by atoms with van der Waals surface area (Å²) in [4.78, 5) is 23.6. The largest absolute Gasteiger partial charge is 0.493 e. The van der Waals surface area contributed by atoms with E-state index in [1.807, 2.05) is 18.2 Å². The summed E-state index contributed by atoms with van der Waals surface area (Å²) in [6.07, 6.45) is -0.467. The lowest BCUT2D eigenvalue weighted by molar-refractivity contribution is -0.141. The molecule has 0 spiro atoms. The van der Waals surface area contributed by atoms with Gasteiger partial charge in [0.1, 0.15) is 0 Å². The molecule has 0 saturated carbocycles. The number of methoxy groups -OCH3 is 3. The number of benzene rings is 2. The Hall–Kier alpha value is -3.28. The maximum absolute atomic E-state index is 12.3. The Kier molecular flexibility index (Phi) is 6.38. The van der Waals surface area contributed by atoms with Crippen molar-refractivity contribution in [3.8, 4) is 11.5 Å². The molecule has 2 rings (SSSR count). The number of esters is 1. The summed E-state index contributed by atoms with van der Waals surface area (Å²) in [5.74, 6) is -0.820. The number of carboxylic acid groups (broad SMARTS) is 1. The van der Waals surface area contributed by atoms with Crippen molar-refractivity contribution in [3.05, 3.63) is 65.2 Å². The van der Waals surface area contributed by atoms with Gasteiger partial charge < -0.3 is 19.3 Å². The molecule has 6 heteroatoms. The SMILES string of the molecule is COC(=O)C(CC(=O)O)=C(c1ccccc1)c1ccc(OC)c(OC)c1. The summed E-state index contributed by atoms with van der Waals surface area (Å²) < 4.78 is 15.4. The van der Waals surface area contributed by atoms with E-state index in [0.717, 1.165) is 0 Å². The molecule has 26 heavy (non-hydrogen) atoms. The van der Waals surface area contributed by atoms with Crippen LogP contribution in [0.4, 0.5) is 0 Å². The van der Waals surface area contributed by atoms with Crippen molar-refractivity contribution >= 4 is 17.5 Å². The minimum Gasteiger partial charge on any atom is -0.493 e. The van der Waals surface area contributed by atoms with E-state index in [-0.39, 0.29) is 5.57 Å². The smallest absolute Gasteiger partial charge is 0.334 e. The Bertz CT molecular complexity index is 823. The number of carbonyl (C=O) groups is 2. The molecule has 136 valence electrons. The fourth-order valence-electron chi connectivity index (χ4n) is 2.65. The number of aliphatic carboxylic acids is 1. The predicted molar refractivity (Wildman–Crippen MR) is 96.3 cm³/mol. The van der Waals surface area contributed by atoms with Gasteiger partial charge in [0.05, 0.1) is 33.3 Å². The van der Waals surface area contributed by atoms with Gasteiger partial charge in [-0.1, -0.05) is 36.4 Å². The fourth-order valence-corrected chi connectivity index (χ4v) is 2.65. The van der Waals surface area contributed by atoms with E-state index in [2.05, 4.69) is 0 Å². The van der Waals surface area contributed by atoms with Crippen molar-refractivity contribution < 1.29 is 28.9 Å². The molecule has 0 saturated heterocycles. The predicted octanol–water partition coefficient (Wildman–Crippen LogP) is 3.15. The molecule has 1 N–H and O–H groups in total. The van der Waals surface area contributed by atoms with Crippen LogP contribution in [0.25, 0.3) is 5.57 Å². The number of rotatable bonds is 7. The Morgan fingerprint density at radius 1 is 0.885 bits per heavy atom. The average Bonchev–Trinajstić information content (AvgIpc) is 2.67. The zero-order valence-electron chi connectivity index (χ0n) is 14.8. The zero-order valence-corrected chi connectivity index (χ0v) is 14.8. The average molecular weight is 356 g/mol. The molecule has 0 fully saturated rings. The van der Waals surface area contributed by atoms with E-state index in [1.54, 1.807) is 30.3 Å². The summed E-state index contributed by atoms with van der Waals surface area (Å²) in [5, 5.41) is 9.27. The van der Waals surface area contributed by atoms with E-state index >= 15 is 0 Å². The molecule has 0 radical (unpaired) electrons. The van der Waals surface area contributed by atoms with Crippen LogP contribution in [-0.4, -0.2) is 38.4 Å². The molecule has 0 unspecified atom stereocenters. The van der Waals surface area contributed by atoms with Crippen LogP contribution in [0, 0.1) is 0 Å². The summed E-state index contributed by atoms with van der Waals surface area (Å²) in [5.41, 5.74) is 1.84. The van der Waals surface area contributed by atoms with E-state index < -0.39 is 18.4 Å². The number of ether oxygens (including phenoxy) is 3. The highest BCUT2D eigenvalue weighted by Gasteiger charge is 2.22. The Morgan fingerprint density at radius 3 is 2.08 bits per heavy atom. The summed E-state index contributed by atoms with van der Waals surface area (Å²) in [6, 6.07) is 14.2. The molecule has 0 aliphatic carbocycles. The second kappa shape index (κ2) is 8.71. The number of carboxylic acids is 1. The molecule has 0 amide bonds. The summed E-state index contributed by atoms with van der Waals surface area (Å²) >= 11 is 0. The van der Waals surface area contributed by atoms with E-state index in [4.69, 9.17) is 14.2 Å². The van der Waals surface area contributed by atoms with Crippen molar-refractivity contribution in [1.82, 2.24) is 0 Å². The lowest BCUT2D eigenvalue weighted by Gasteiger charge is -2.16. The van der Waals surface area contributed by atoms with Crippen LogP contribution < -0.4 is 9.47 Å². The highest BCUT2D eigenvalue weighted by molar-refractivity contribution is 6.04. The van der Waals surface area contributed by atoms with Crippen LogP contribution in [0.2, 0.25) is 0 Å². The first-order valence-electron chi connectivity index (χ1n) is 7.82. The third-order valence-electron chi connectivity index (χ3n) is 3.80. The van der Waals surface area contributed by atoms with Crippen molar-refractivity contribution in [3.63, 3.8) is 0 Å². The molecular weight excluding hydrogens is 336 g/mol. The molecule has 0 aliphatic rings. The zero-order chi connectivity index (χ0) is 19.1. The Balaban J connectivity index is 2.78. The van der Waals surface area contributed by atoms with Gasteiger partial charge in [-0.25, -0.2) is 4.79 Å². The summed E-state index contributed by atoms with van der Waals surface area (Å²) in [6.45, 7) is 0. The molecular formula is C20H20O6. The van der Waals surface area contributed by atoms with Crippen LogP contribution in [0.5, 0.6) is 11.5 Å². The van der Waals surface area contributed by atoms with Gasteiger partial charge in [0.15, 0.2) is 11.5 Å². The van der Waals surface area contributed by atoms with Crippen molar-refractivity contribution in [1.29, 1.82) is 0 Å². The molecule has 0 heterocycles. The normalized spacial score (nSPS) is 11.3. The fraction of sp³-hybridized carbons (Fsp3) is 0.200. The van der Waals surface area contributed by atoms with Gasteiger partial charge in [0, 0.05) is 5.57 Å². The lowest BCUT2D eigenvalue weighted by Crippen LogP contribution is -2.12. The topological polar surface area (TPSA) is 82.1 Å². The van der Waals surface area contributed by atoms with Crippen LogP contribution >= 0.6 is 0 Å². The molecule has 2 aromatic carbocycles. The van der Waals surface area contributed by atoms with E-state index in [1.165, 1.54) is 21.3 Å². The van der Waals surface area contributed by atoms with Gasteiger partial charge >= 0.3 is 11.9 Å². The standard InChI is InChI=1S/C20H20O6/c1-24-16-10-9-14(11-17(16)25-2)19(13-7-5-4-6-8-13)15(12-18(21)22)20(23)26-3/h4-11H,12H2,1-3H3,(H,21,22). The first-order chi connectivity index (χ1) is 12.5. The van der Waals surface area contributed by atoms with Crippen LogP contribution in [0.1, 0.15) is 17.5 Å². The van der Waals surface area contributed by atoms with Gasteiger partial charge in [0.2, 0.25) is 0 Å². The quantitative estimate of drug-likeness (QED) is 0.606. The molecule has 0 atom stereocenters. The molecule has 0 aromatic heterocycles. The lowest BCUT2D eigenvalue weighted by atomic mass is 9.91. The second-order valence-electron chi connectivity index (χ2n) is 5.35. The monoisotopic (exact) mass is 356 g/mol. The number of hydrogen-bond donors (Lipinski definition) is 1. The van der Waals surface area contributed by atoms with Gasteiger partial charge in [-0.05, 0) is 23.3 Å². The van der Waals surface area contributed by atoms with Gasteiger partial charge in [-0.3, -0.25) is 4.79 Å². The maximum Gasteiger partial charge on any atom is 0.334 e. The highest BCUT2D eigenvalue weighted by Crippen LogP contribution is 2.35. The van der Waals surface area contributed by atoms with Crippen molar-refractivity contribution in [2.24, 2.45) is 0 Å². The minimum atomic E-state index is -1.13. The van der Waals surface area contributed by atoms with Gasteiger partial charge in [-0.15, -0.1) is 0 Å². The van der Waals surface area contributed by atoms with E-state index in [0.29, 0.717) is 28.2 Å². The highest BCUT2D eigenvalue weighted by atomic mass is 16.5. The van der Waals surface area contributed by atoms with Crippen LogP contribution in [0.3, 0.4) is 0 Å². The third kappa shape index (κ3) is 4.22. The van der Waals surface area contributed by atoms with E-state index in [9.17, 15) is 14.7 Å². The third-order valence-corrected chi connectivity index (χ3v) is 3.80. The Morgan fingerprint density at radius 2 is 1.54 bits per heavy atom. The minimum absolute atomic E-state index is 0.0541. The van der Waals surface area contributed by atoms with Crippen LogP contribution in [0.15, 0.2) is 54.1 Å². The molecule has 0 aliphatic heterocycles. The van der Waals surface area contributed by atoms with Crippen molar-refractivity contribution in [2.45, 2.75) is 6.42 Å². The molecule has 6 nitrogen and oxygen atoms in total. The van der Waals surface area contributed by atoms with Gasteiger partial charge in [0.25, 0.3) is 0 Å². The van der Waals surface area contributed by atoms with Crippen LogP contribution in [-0.2, 0) is 14.3 Å². The molecule has 2 aromatic rings. The van der Waals surface area contributed by atoms with Gasteiger partial charge in [-0.2, -0.15) is 0 Å². The summed E-state index contributed by atoms with van der Waals surface area (Å²) in [7, 11) is 4.25. The first kappa shape index (κ1) is 19.1. The second-order valence-corrected chi connectivity index (χ2v) is 5.35. The number of carbonyl (C=O) groups excluding carboxylic acids is 1.